The summed E-state index contributed by atoms with van der Waals surface area (Å²) in [7, 11) is 0. The molecule has 0 amide bonds. The molecule has 0 spiro atoms. The number of pyridine rings is 1. The maximum atomic E-state index is 13.0. The molecule has 1 saturated carbocycles. The Morgan fingerprint density at radius 2 is 2.23 bits per heavy atom. The van der Waals surface area contributed by atoms with Crippen molar-refractivity contribution in [2.45, 2.75) is 63.0 Å². The number of aromatic nitrogens is 3. The molecule has 11 heteroatoms. The lowest BCUT2D eigenvalue weighted by Crippen LogP contribution is -2.42. The van der Waals surface area contributed by atoms with Gasteiger partial charge in [-0.15, -0.1) is 0 Å². The highest BCUT2D eigenvalue weighted by molar-refractivity contribution is 5.77. The van der Waals surface area contributed by atoms with Crippen molar-refractivity contribution in [3.05, 3.63) is 22.6 Å². The van der Waals surface area contributed by atoms with Crippen LogP contribution in [0, 0.1) is 0 Å². The molecule has 2 aromatic heterocycles. The third kappa shape index (κ3) is 3.96. The van der Waals surface area contributed by atoms with Crippen LogP contribution in [-0.4, -0.2) is 62.3 Å². The molecule has 4 atom stereocenters. The van der Waals surface area contributed by atoms with E-state index in [0.29, 0.717) is 37.7 Å². The average Bonchev–Trinajstić information content (AvgIpc) is 3.03. The first-order chi connectivity index (χ1) is 14.3. The SMILES string of the molecule is C[C@@]1(O)CCC[C@H]1n1c(=O)c(OC(F)F)cc2cnc(N[C@@H]3CCOC[C@H]3O)nc21. The average molecular weight is 426 g/mol. The molecule has 30 heavy (non-hydrogen) atoms. The molecule has 0 unspecified atom stereocenters. The zero-order chi connectivity index (χ0) is 21.5. The Morgan fingerprint density at radius 1 is 1.43 bits per heavy atom. The highest BCUT2D eigenvalue weighted by Crippen LogP contribution is 2.39. The number of anilines is 1. The summed E-state index contributed by atoms with van der Waals surface area (Å²) in [6.07, 6.45) is 2.84. The van der Waals surface area contributed by atoms with Crippen LogP contribution in [0.2, 0.25) is 0 Å². The first kappa shape index (κ1) is 20.9. The molecular weight excluding hydrogens is 402 g/mol. The number of aliphatic hydroxyl groups is 2. The molecule has 1 aliphatic heterocycles. The van der Waals surface area contributed by atoms with Gasteiger partial charge >= 0.3 is 6.61 Å². The van der Waals surface area contributed by atoms with Crippen molar-refractivity contribution < 1.29 is 28.5 Å². The number of rotatable bonds is 5. The van der Waals surface area contributed by atoms with Gasteiger partial charge in [0, 0.05) is 18.2 Å². The molecule has 0 aromatic carbocycles. The van der Waals surface area contributed by atoms with Crippen LogP contribution in [0.3, 0.4) is 0 Å². The second-order valence-corrected chi connectivity index (χ2v) is 7.98. The van der Waals surface area contributed by atoms with Gasteiger partial charge in [-0.2, -0.15) is 13.8 Å². The van der Waals surface area contributed by atoms with Crippen LogP contribution in [-0.2, 0) is 4.74 Å². The number of alkyl halides is 2. The molecular formula is C19H24F2N4O5. The van der Waals surface area contributed by atoms with Crippen molar-refractivity contribution in [2.75, 3.05) is 18.5 Å². The van der Waals surface area contributed by atoms with E-state index in [9.17, 15) is 23.8 Å². The van der Waals surface area contributed by atoms with E-state index in [1.54, 1.807) is 6.92 Å². The number of aliphatic hydroxyl groups excluding tert-OH is 1. The van der Waals surface area contributed by atoms with Crippen molar-refractivity contribution in [2.24, 2.45) is 0 Å². The maximum absolute atomic E-state index is 13.0. The Kier molecular flexibility index (Phi) is 5.60. The third-order valence-corrected chi connectivity index (χ3v) is 5.79. The molecule has 3 heterocycles. The van der Waals surface area contributed by atoms with Gasteiger partial charge in [0.25, 0.3) is 5.56 Å². The minimum Gasteiger partial charge on any atom is -0.429 e. The number of halogens is 2. The van der Waals surface area contributed by atoms with Crippen molar-refractivity contribution in [3.63, 3.8) is 0 Å². The van der Waals surface area contributed by atoms with E-state index in [2.05, 4.69) is 20.0 Å². The number of ether oxygens (including phenoxy) is 2. The summed E-state index contributed by atoms with van der Waals surface area (Å²) in [6, 6.07) is 0.203. The number of nitrogens with one attached hydrogen (secondary N) is 1. The monoisotopic (exact) mass is 426 g/mol. The maximum Gasteiger partial charge on any atom is 0.387 e. The highest BCUT2D eigenvalue weighted by Gasteiger charge is 2.40. The van der Waals surface area contributed by atoms with Gasteiger partial charge in [0.2, 0.25) is 5.95 Å². The predicted molar refractivity (Wildman–Crippen MR) is 103 cm³/mol. The Balaban J connectivity index is 1.81. The molecule has 2 aromatic rings. The molecule has 3 N–H and O–H groups in total. The number of hydrogen-bond acceptors (Lipinski definition) is 8. The number of nitrogens with zero attached hydrogens (tertiary/aromatic N) is 3. The minimum absolute atomic E-state index is 0.182. The van der Waals surface area contributed by atoms with Gasteiger partial charge in [-0.1, -0.05) is 0 Å². The molecule has 1 aliphatic carbocycles. The van der Waals surface area contributed by atoms with E-state index in [0.717, 1.165) is 0 Å². The Labute approximate surface area is 170 Å². The van der Waals surface area contributed by atoms with Crippen molar-refractivity contribution in [1.29, 1.82) is 0 Å². The van der Waals surface area contributed by atoms with E-state index in [1.807, 2.05) is 0 Å². The molecule has 0 bridgehead atoms. The summed E-state index contributed by atoms with van der Waals surface area (Å²) in [5.41, 5.74) is -1.78. The molecule has 0 radical (unpaired) electrons. The molecule has 2 fully saturated rings. The Bertz CT molecular complexity index is 983. The summed E-state index contributed by atoms with van der Waals surface area (Å²) in [5.74, 6) is -0.342. The summed E-state index contributed by atoms with van der Waals surface area (Å²) in [4.78, 5) is 21.6. The van der Waals surface area contributed by atoms with E-state index >= 15 is 0 Å². The van der Waals surface area contributed by atoms with E-state index < -0.39 is 35.7 Å². The standard InChI is InChI=1S/C19H24F2N4O5/c1-19(28)5-2-3-14(19)25-15-10(7-13(16(25)27)30-17(20)21)8-22-18(24-15)23-11-4-6-29-9-12(11)26/h7-8,11-12,14,17,26,28H,2-6,9H2,1H3,(H,22,23,24)/t11-,12-,14-,19-/m1/s1. The van der Waals surface area contributed by atoms with E-state index in [4.69, 9.17) is 4.74 Å². The first-order valence-corrected chi connectivity index (χ1v) is 9.88. The highest BCUT2D eigenvalue weighted by atomic mass is 19.3. The fourth-order valence-electron chi connectivity index (χ4n) is 4.23. The van der Waals surface area contributed by atoms with Crippen molar-refractivity contribution in [1.82, 2.24) is 14.5 Å². The van der Waals surface area contributed by atoms with Crippen LogP contribution in [0.25, 0.3) is 11.0 Å². The largest absolute Gasteiger partial charge is 0.429 e. The van der Waals surface area contributed by atoms with Gasteiger partial charge in [-0.05, 0) is 38.7 Å². The van der Waals surface area contributed by atoms with Crippen LogP contribution in [0.15, 0.2) is 17.1 Å². The van der Waals surface area contributed by atoms with Crippen LogP contribution in [0.1, 0.15) is 38.6 Å². The minimum atomic E-state index is -3.16. The second-order valence-electron chi connectivity index (χ2n) is 7.98. The fraction of sp³-hybridized carbons (Fsp3) is 0.632. The zero-order valence-electron chi connectivity index (χ0n) is 16.4. The normalized spacial score (nSPS) is 29.5. The van der Waals surface area contributed by atoms with Crippen LogP contribution in [0.5, 0.6) is 5.75 Å². The van der Waals surface area contributed by atoms with E-state index in [-0.39, 0.29) is 24.2 Å². The van der Waals surface area contributed by atoms with Crippen LogP contribution >= 0.6 is 0 Å². The molecule has 1 saturated heterocycles. The lowest BCUT2D eigenvalue weighted by Gasteiger charge is -2.29. The molecule has 4 rings (SSSR count). The second kappa shape index (κ2) is 8.05. The van der Waals surface area contributed by atoms with E-state index in [1.165, 1.54) is 16.8 Å². The predicted octanol–water partition coefficient (Wildman–Crippen LogP) is 1.43. The molecule has 164 valence electrons. The van der Waals surface area contributed by atoms with Gasteiger partial charge in [0.05, 0.1) is 30.4 Å². The van der Waals surface area contributed by atoms with Crippen LogP contribution < -0.4 is 15.6 Å². The van der Waals surface area contributed by atoms with Crippen molar-refractivity contribution in [3.8, 4) is 5.75 Å². The third-order valence-electron chi connectivity index (χ3n) is 5.79. The van der Waals surface area contributed by atoms with Crippen molar-refractivity contribution >= 4 is 17.0 Å². The fourth-order valence-corrected chi connectivity index (χ4v) is 4.23. The smallest absolute Gasteiger partial charge is 0.387 e. The quantitative estimate of drug-likeness (QED) is 0.657. The number of fused-ring (bicyclic) bond motifs is 1. The summed E-state index contributed by atoms with van der Waals surface area (Å²) >= 11 is 0. The lowest BCUT2D eigenvalue weighted by atomic mass is 10.00. The van der Waals surface area contributed by atoms with Gasteiger partial charge in [0.1, 0.15) is 5.65 Å². The Hall–Kier alpha value is -2.37. The van der Waals surface area contributed by atoms with Gasteiger partial charge in [0.15, 0.2) is 5.75 Å². The molecule has 2 aliphatic rings. The summed E-state index contributed by atoms with van der Waals surface area (Å²) in [6.45, 7) is -0.881. The first-order valence-electron chi connectivity index (χ1n) is 9.88. The molecule has 9 nitrogen and oxygen atoms in total. The lowest BCUT2D eigenvalue weighted by molar-refractivity contribution is -0.0513. The van der Waals surface area contributed by atoms with Gasteiger partial charge in [-0.25, -0.2) is 4.98 Å². The zero-order valence-corrected chi connectivity index (χ0v) is 16.4. The van der Waals surface area contributed by atoms with Gasteiger partial charge < -0.3 is 25.0 Å². The number of hydrogen-bond donors (Lipinski definition) is 3. The summed E-state index contributed by atoms with van der Waals surface area (Å²) in [5, 5.41) is 24.2. The van der Waals surface area contributed by atoms with Gasteiger partial charge in [-0.3, -0.25) is 9.36 Å². The summed E-state index contributed by atoms with van der Waals surface area (Å²) < 4.78 is 36.5. The van der Waals surface area contributed by atoms with Crippen LogP contribution in [0.4, 0.5) is 14.7 Å². The Morgan fingerprint density at radius 3 is 2.90 bits per heavy atom. The topological polar surface area (TPSA) is 119 Å².